The maximum atomic E-state index is 12.9. The predicted octanol–water partition coefficient (Wildman–Crippen LogP) is 2.92. The topological polar surface area (TPSA) is 75.3 Å². The fourth-order valence-electron chi connectivity index (χ4n) is 2.91. The Balaban J connectivity index is 1.85. The maximum absolute atomic E-state index is 12.9. The number of hydrogen-bond donors (Lipinski definition) is 2. The minimum atomic E-state index is -3.72. The fourth-order valence-corrected chi connectivity index (χ4v) is 3.96. The molecular weight excluding hydrogens is 343 g/mol. The van der Waals surface area contributed by atoms with Crippen LogP contribution in [0, 0.1) is 5.82 Å². The number of halogens is 1. The van der Waals surface area contributed by atoms with Crippen LogP contribution in [0.15, 0.2) is 47.4 Å². The molecule has 0 unspecified atom stereocenters. The van der Waals surface area contributed by atoms with Gasteiger partial charge < -0.3 is 5.32 Å². The standard InChI is InChI=1S/C18H19FN2O3S/c1-18(2)10-17(22)21-16-8-7-14(9-15(16)18)25(23,24)20-11-12-3-5-13(19)6-4-12/h3-9,20H,10-11H2,1-2H3,(H,21,22). The van der Waals surface area contributed by atoms with Gasteiger partial charge in [-0.15, -0.1) is 0 Å². The van der Waals surface area contributed by atoms with E-state index in [9.17, 15) is 17.6 Å². The van der Waals surface area contributed by atoms with Crippen molar-refractivity contribution < 1.29 is 17.6 Å². The molecule has 25 heavy (non-hydrogen) atoms. The highest BCUT2D eigenvalue weighted by Crippen LogP contribution is 2.38. The molecule has 0 spiro atoms. The Morgan fingerprint density at radius 1 is 1.16 bits per heavy atom. The highest BCUT2D eigenvalue weighted by Gasteiger charge is 2.33. The number of sulfonamides is 1. The Bertz CT molecular complexity index is 922. The van der Waals surface area contributed by atoms with Gasteiger partial charge in [0.15, 0.2) is 0 Å². The number of rotatable bonds is 4. The summed E-state index contributed by atoms with van der Waals surface area (Å²) in [6.07, 6.45) is 0.298. The summed E-state index contributed by atoms with van der Waals surface area (Å²) in [7, 11) is -3.72. The molecule has 2 aromatic rings. The van der Waals surface area contributed by atoms with E-state index >= 15 is 0 Å². The van der Waals surface area contributed by atoms with Crippen molar-refractivity contribution in [1.82, 2.24) is 4.72 Å². The molecule has 0 bridgehead atoms. The second-order valence-corrected chi connectivity index (χ2v) is 8.53. The molecule has 2 aromatic carbocycles. The molecule has 1 amide bonds. The molecule has 2 N–H and O–H groups in total. The monoisotopic (exact) mass is 362 g/mol. The van der Waals surface area contributed by atoms with Gasteiger partial charge in [-0.2, -0.15) is 0 Å². The van der Waals surface area contributed by atoms with Gasteiger partial charge in [-0.05, 0) is 41.5 Å². The molecule has 0 saturated carbocycles. The van der Waals surface area contributed by atoms with Crippen LogP contribution in [0.5, 0.6) is 0 Å². The summed E-state index contributed by atoms with van der Waals surface area (Å²) in [4.78, 5) is 11.9. The molecular formula is C18H19FN2O3S. The quantitative estimate of drug-likeness (QED) is 0.878. The summed E-state index contributed by atoms with van der Waals surface area (Å²) in [5.74, 6) is -0.451. The summed E-state index contributed by atoms with van der Waals surface area (Å²) in [5, 5.41) is 2.77. The predicted molar refractivity (Wildman–Crippen MR) is 93.1 cm³/mol. The second-order valence-electron chi connectivity index (χ2n) is 6.77. The zero-order valence-corrected chi connectivity index (χ0v) is 14.8. The lowest BCUT2D eigenvalue weighted by atomic mass is 9.78. The maximum Gasteiger partial charge on any atom is 0.240 e. The van der Waals surface area contributed by atoms with E-state index in [4.69, 9.17) is 0 Å². The number of hydrogen-bond acceptors (Lipinski definition) is 3. The van der Waals surface area contributed by atoms with Crippen molar-refractivity contribution in [2.45, 2.75) is 37.1 Å². The number of anilines is 1. The summed E-state index contributed by atoms with van der Waals surface area (Å²) in [6.45, 7) is 3.89. The van der Waals surface area contributed by atoms with Gasteiger partial charge in [-0.1, -0.05) is 26.0 Å². The lowest BCUT2D eigenvalue weighted by Gasteiger charge is -2.32. The van der Waals surface area contributed by atoms with Crippen molar-refractivity contribution in [3.8, 4) is 0 Å². The zero-order valence-electron chi connectivity index (χ0n) is 14.0. The first-order valence-electron chi connectivity index (χ1n) is 7.86. The van der Waals surface area contributed by atoms with Crippen LogP contribution in [0.2, 0.25) is 0 Å². The molecule has 0 fully saturated rings. The van der Waals surface area contributed by atoms with Crippen molar-refractivity contribution in [1.29, 1.82) is 0 Å². The normalized spacial score (nSPS) is 16.2. The molecule has 1 aliphatic heterocycles. The molecule has 0 saturated heterocycles. The van der Waals surface area contributed by atoms with E-state index in [2.05, 4.69) is 10.0 Å². The molecule has 5 nitrogen and oxygen atoms in total. The van der Waals surface area contributed by atoms with Crippen LogP contribution in [0.4, 0.5) is 10.1 Å². The molecule has 0 atom stereocenters. The smallest absolute Gasteiger partial charge is 0.240 e. The van der Waals surface area contributed by atoms with E-state index in [1.54, 1.807) is 12.1 Å². The van der Waals surface area contributed by atoms with E-state index in [-0.39, 0.29) is 23.2 Å². The third-order valence-corrected chi connectivity index (χ3v) is 5.69. The van der Waals surface area contributed by atoms with Crippen LogP contribution >= 0.6 is 0 Å². The van der Waals surface area contributed by atoms with E-state index in [0.29, 0.717) is 17.7 Å². The number of nitrogens with one attached hydrogen (secondary N) is 2. The average molecular weight is 362 g/mol. The minimum Gasteiger partial charge on any atom is -0.326 e. The number of carbonyl (C=O) groups excluding carboxylic acids is 1. The van der Waals surface area contributed by atoms with E-state index < -0.39 is 15.4 Å². The number of benzene rings is 2. The van der Waals surface area contributed by atoms with Crippen molar-refractivity contribution >= 4 is 21.6 Å². The largest absolute Gasteiger partial charge is 0.326 e. The first-order valence-corrected chi connectivity index (χ1v) is 9.34. The van der Waals surface area contributed by atoms with Gasteiger partial charge in [0.1, 0.15) is 5.82 Å². The Kier molecular flexibility index (Phi) is 4.38. The first-order chi connectivity index (χ1) is 11.7. The van der Waals surface area contributed by atoms with Gasteiger partial charge >= 0.3 is 0 Å². The van der Waals surface area contributed by atoms with Crippen LogP contribution in [0.25, 0.3) is 0 Å². The van der Waals surface area contributed by atoms with Gasteiger partial charge in [0, 0.05) is 24.1 Å². The lowest BCUT2D eigenvalue weighted by molar-refractivity contribution is -0.117. The summed E-state index contributed by atoms with van der Waals surface area (Å²) in [6, 6.07) is 10.3. The van der Waals surface area contributed by atoms with Crippen LogP contribution in [0.3, 0.4) is 0 Å². The van der Waals surface area contributed by atoms with Crippen LogP contribution < -0.4 is 10.0 Å². The Hall–Kier alpha value is -2.25. The molecule has 0 aromatic heterocycles. The SMILES string of the molecule is CC1(C)CC(=O)Nc2ccc(S(=O)(=O)NCc3ccc(F)cc3)cc21. The molecule has 0 aliphatic carbocycles. The van der Waals surface area contributed by atoms with Gasteiger partial charge in [-0.25, -0.2) is 17.5 Å². The van der Waals surface area contributed by atoms with E-state index in [1.165, 1.54) is 30.3 Å². The Morgan fingerprint density at radius 2 is 1.84 bits per heavy atom. The fraction of sp³-hybridized carbons (Fsp3) is 0.278. The van der Waals surface area contributed by atoms with Crippen LogP contribution in [-0.4, -0.2) is 14.3 Å². The van der Waals surface area contributed by atoms with Crippen molar-refractivity contribution in [3.05, 3.63) is 59.4 Å². The second kappa shape index (κ2) is 6.24. The zero-order chi connectivity index (χ0) is 18.2. The highest BCUT2D eigenvalue weighted by atomic mass is 32.2. The summed E-state index contributed by atoms with van der Waals surface area (Å²) < 4.78 is 40.6. The van der Waals surface area contributed by atoms with Crippen molar-refractivity contribution in [2.24, 2.45) is 0 Å². The average Bonchev–Trinajstić information content (AvgIpc) is 2.53. The molecule has 132 valence electrons. The van der Waals surface area contributed by atoms with Gasteiger partial charge in [0.2, 0.25) is 15.9 Å². The van der Waals surface area contributed by atoms with Gasteiger partial charge in [0.05, 0.1) is 4.90 Å². The highest BCUT2D eigenvalue weighted by molar-refractivity contribution is 7.89. The summed E-state index contributed by atoms with van der Waals surface area (Å²) >= 11 is 0. The lowest BCUT2D eigenvalue weighted by Crippen LogP contribution is -2.33. The Morgan fingerprint density at radius 3 is 2.52 bits per heavy atom. The summed E-state index contributed by atoms with van der Waals surface area (Å²) in [5.41, 5.74) is 1.64. The van der Waals surface area contributed by atoms with Gasteiger partial charge in [0.25, 0.3) is 0 Å². The van der Waals surface area contributed by atoms with Crippen molar-refractivity contribution in [3.63, 3.8) is 0 Å². The third-order valence-electron chi connectivity index (χ3n) is 4.29. The Labute approximate surface area is 146 Å². The molecule has 1 aliphatic rings. The van der Waals surface area contributed by atoms with E-state index in [0.717, 1.165) is 5.56 Å². The van der Waals surface area contributed by atoms with Crippen LogP contribution in [-0.2, 0) is 26.8 Å². The molecule has 0 radical (unpaired) electrons. The van der Waals surface area contributed by atoms with Crippen LogP contribution in [0.1, 0.15) is 31.4 Å². The molecule has 1 heterocycles. The number of amides is 1. The first kappa shape index (κ1) is 17.6. The molecule has 7 heteroatoms. The number of fused-ring (bicyclic) bond motifs is 1. The van der Waals surface area contributed by atoms with Crippen molar-refractivity contribution in [2.75, 3.05) is 5.32 Å². The minimum absolute atomic E-state index is 0.0693. The number of carbonyl (C=O) groups is 1. The molecule has 3 rings (SSSR count). The third kappa shape index (κ3) is 3.72. The van der Waals surface area contributed by atoms with E-state index in [1.807, 2.05) is 13.8 Å². The van der Waals surface area contributed by atoms with Gasteiger partial charge in [-0.3, -0.25) is 4.79 Å².